The van der Waals surface area contributed by atoms with Crippen LogP contribution in [-0.4, -0.2) is 53.0 Å². The third kappa shape index (κ3) is 4.59. The summed E-state index contributed by atoms with van der Waals surface area (Å²) in [6.07, 6.45) is 0.940. The van der Waals surface area contributed by atoms with Crippen LogP contribution in [0.25, 0.3) is 22.2 Å². The molecule has 0 bridgehead atoms. The van der Waals surface area contributed by atoms with E-state index in [9.17, 15) is 4.79 Å². The fraction of sp³-hybridized carbons (Fsp3) is 0.391. The summed E-state index contributed by atoms with van der Waals surface area (Å²) in [6, 6.07) is 16.7. The second-order valence-corrected chi connectivity index (χ2v) is 7.68. The average Bonchev–Trinajstić information content (AvgIpc) is 3.16. The van der Waals surface area contributed by atoms with Crippen LogP contribution in [-0.2, 0) is 6.54 Å². The number of urea groups is 1. The van der Waals surface area contributed by atoms with Gasteiger partial charge >= 0.3 is 6.03 Å². The molecule has 1 unspecified atom stereocenters. The predicted octanol–water partition coefficient (Wildman–Crippen LogP) is 4.12. The molecule has 152 valence electrons. The van der Waals surface area contributed by atoms with E-state index in [0.717, 1.165) is 55.2 Å². The lowest BCUT2D eigenvalue weighted by atomic mass is 10.1. The van der Waals surface area contributed by atoms with E-state index in [-0.39, 0.29) is 12.1 Å². The Kier molecular flexibility index (Phi) is 5.81. The van der Waals surface area contributed by atoms with E-state index >= 15 is 0 Å². The summed E-state index contributed by atoms with van der Waals surface area (Å²) >= 11 is 0. The third-order valence-electron chi connectivity index (χ3n) is 5.54. The van der Waals surface area contributed by atoms with E-state index in [2.05, 4.69) is 41.4 Å². The molecule has 0 aliphatic carbocycles. The van der Waals surface area contributed by atoms with Crippen molar-refractivity contribution in [3.05, 3.63) is 54.4 Å². The van der Waals surface area contributed by atoms with Gasteiger partial charge in [-0.05, 0) is 36.6 Å². The number of amides is 2. The molecule has 0 saturated carbocycles. The number of hydrogen-bond donors (Lipinski definition) is 1. The van der Waals surface area contributed by atoms with Crippen LogP contribution in [0.3, 0.4) is 0 Å². The van der Waals surface area contributed by atoms with Crippen LogP contribution in [0.5, 0.6) is 0 Å². The van der Waals surface area contributed by atoms with Crippen LogP contribution in [0, 0.1) is 0 Å². The largest absolute Gasteiger partial charge is 0.439 e. The van der Waals surface area contributed by atoms with Gasteiger partial charge in [0.15, 0.2) is 5.58 Å². The molecule has 1 atom stereocenters. The lowest BCUT2D eigenvalue weighted by Crippen LogP contribution is -2.52. The second kappa shape index (κ2) is 8.66. The minimum Gasteiger partial charge on any atom is -0.439 e. The van der Waals surface area contributed by atoms with Crippen molar-refractivity contribution in [2.75, 3.05) is 26.2 Å². The Morgan fingerprint density at radius 1 is 1.10 bits per heavy atom. The monoisotopic (exact) mass is 392 g/mol. The van der Waals surface area contributed by atoms with E-state index in [1.54, 1.807) is 0 Å². The summed E-state index contributed by atoms with van der Waals surface area (Å²) in [6.45, 7) is 7.86. The van der Waals surface area contributed by atoms with Crippen LogP contribution in [0.15, 0.2) is 52.9 Å². The molecule has 3 aromatic rings. The first-order valence-corrected chi connectivity index (χ1v) is 10.3. The van der Waals surface area contributed by atoms with Gasteiger partial charge in [0.25, 0.3) is 0 Å². The fourth-order valence-electron chi connectivity index (χ4n) is 3.56. The topological polar surface area (TPSA) is 61.6 Å². The van der Waals surface area contributed by atoms with Gasteiger partial charge in [-0.15, -0.1) is 0 Å². The van der Waals surface area contributed by atoms with E-state index in [1.165, 1.54) is 5.56 Å². The highest BCUT2D eigenvalue weighted by atomic mass is 16.3. The Labute approximate surface area is 171 Å². The van der Waals surface area contributed by atoms with Crippen LogP contribution in [0.2, 0.25) is 0 Å². The zero-order valence-corrected chi connectivity index (χ0v) is 17.1. The number of fused-ring (bicyclic) bond motifs is 1. The van der Waals surface area contributed by atoms with Crippen LogP contribution in [0.1, 0.15) is 26.2 Å². The average molecular weight is 393 g/mol. The molecule has 0 spiro atoms. The number of aromatic nitrogens is 1. The molecule has 29 heavy (non-hydrogen) atoms. The summed E-state index contributed by atoms with van der Waals surface area (Å²) in [5, 5.41) is 3.04. The molecule has 1 fully saturated rings. The summed E-state index contributed by atoms with van der Waals surface area (Å²) in [4.78, 5) is 21.1. The Hall–Kier alpha value is -2.86. The Bertz CT molecular complexity index is 961. The minimum atomic E-state index is 0.0364. The Morgan fingerprint density at radius 2 is 1.86 bits per heavy atom. The van der Waals surface area contributed by atoms with Crippen molar-refractivity contribution in [2.45, 2.75) is 32.9 Å². The molecule has 1 saturated heterocycles. The molecular formula is C23H28N4O2. The minimum absolute atomic E-state index is 0.0364. The highest BCUT2D eigenvalue weighted by molar-refractivity contribution is 5.80. The number of benzene rings is 2. The van der Waals surface area contributed by atoms with Crippen molar-refractivity contribution in [2.24, 2.45) is 0 Å². The Morgan fingerprint density at radius 3 is 2.59 bits per heavy atom. The van der Waals surface area contributed by atoms with Crippen molar-refractivity contribution in [3.63, 3.8) is 0 Å². The second-order valence-electron chi connectivity index (χ2n) is 7.68. The van der Waals surface area contributed by atoms with Gasteiger partial charge in [-0.1, -0.05) is 43.3 Å². The van der Waals surface area contributed by atoms with Gasteiger partial charge in [0.2, 0.25) is 5.89 Å². The molecule has 0 radical (unpaired) electrons. The van der Waals surface area contributed by atoms with Gasteiger partial charge in [0.05, 0.1) is 6.54 Å². The van der Waals surface area contributed by atoms with Crippen LogP contribution >= 0.6 is 0 Å². The Balaban J connectivity index is 1.37. The standard InChI is InChI=1S/C23H28N4O2/c1-3-17(2)24-23(28)27-13-11-26(12-14-27)16-22-25-20-15-19(9-10-21(20)29-22)18-7-5-4-6-8-18/h4-10,15,17H,3,11-14,16H2,1-2H3,(H,24,28). The van der Waals surface area contributed by atoms with Crippen molar-refractivity contribution in [3.8, 4) is 11.1 Å². The van der Waals surface area contributed by atoms with Crippen LogP contribution in [0.4, 0.5) is 4.79 Å². The number of nitrogens with zero attached hydrogens (tertiary/aromatic N) is 3. The van der Waals surface area contributed by atoms with Gasteiger partial charge in [-0.3, -0.25) is 4.90 Å². The molecule has 1 N–H and O–H groups in total. The van der Waals surface area contributed by atoms with Crippen molar-refractivity contribution >= 4 is 17.1 Å². The highest BCUT2D eigenvalue weighted by Crippen LogP contribution is 2.25. The first-order chi connectivity index (χ1) is 14.1. The first kappa shape index (κ1) is 19.5. The maximum absolute atomic E-state index is 12.3. The maximum atomic E-state index is 12.3. The summed E-state index contributed by atoms with van der Waals surface area (Å²) < 4.78 is 5.96. The van der Waals surface area contributed by atoms with Crippen LogP contribution < -0.4 is 5.32 Å². The molecule has 4 rings (SSSR count). The number of hydrogen-bond acceptors (Lipinski definition) is 4. The van der Waals surface area contributed by atoms with E-state index in [0.29, 0.717) is 6.54 Å². The zero-order valence-electron chi connectivity index (χ0n) is 17.1. The van der Waals surface area contributed by atoms with Crippen molar-refractivity contribution in [1.29, 1.82) is 0 Å². The van der Waals surface area contributed by atoms with Crippen molar-refractivity contribution < 1.29 is 9.21 Å². The van der Waals surface area contributed by atoms with Gasteiger partial charge < -0.3 is 14.6 Å². The lowest BCUT2D eigenvalue weighted by molar-refractivity contribution is 0.128. The number of nitrogens with one attached hydrogen (secondary N) is 1. The molecule has 1 aliphatic rings. The first-order valence-electron chi connectivity index (χ1n) is 10.3. The molecule has 1 aliphatic heterocycles. The number of oxazole rings is 1. The van der Waals surface area contributed by atoms with Gasteiger partial charge in [-0.25, -0.2) is 9.78 Å². The smallest absolute Gasteiger partial charge is 0.317 e. The molecule has 2 aromatic carbocycles. The third-order valence-corrected chi connectivity index (χ3v) is 5.54. The molecule has 2 amide bonds. The predicted molar refractivity (Wildman–Crippen MR) is 115 cm³/mol. The SMILES string of the molecule is CCC(C)NC(=O)N1CCN(Cc2nc3cc(-c4ccccc4)ccc3o2)CC1. The van der Waals surface area contributed by atoms with E-state index in [4.69, 9.17) is 9.40 Å². The maximum Gasteiger partial charge on any atom is 0.317 e. The molecule has 6 nitrogen and oxygen atoms in total. The molecular weight excluding hydrogens is 364 g/mol. The quantitative estimate of drug-likeness (QED) is 0.709. The molecule has 2 heterocycles. The lowest BCUT2D eigenvalue weighted by Gasteiger charge is -2.34. The highest BCUT2D eigenvalue weighted by Gasteiger charge is 2.23. The van der Waals surface area contributed by atoms with E-state index in [1.807, 2.05) is 36.1 Å². The normalized spacial score (nSPS) is 16.1. The van der Waals surface area contributed by atoms with Gasteiger partial charge in [-0.2, -0.15) is 0 Å². The summed E-state index contributed by atoms with van der Waals surface area (Å²) in [7, 11) is 0. The summed E-state index contributed by atoms with van der Waals surface area (Å²) in [5.41, 5.74) is 4.00. The number of piperazine rings is 1. The number of carbonyl (C=O) groups excluding carboxylic acids is 1. The van der Waals surface area contributed by atoms with Crippen molar-refractivity contribution in [1.82, 2.24) is 20.1 Å². The number of rotatable bonds is 5. The van der Waals surface area contributed by atoms with Gasteiger partial charge in [0.1, 0.15) is 5.52 Å². The molecule has 1 aromatic heterocycles. The zero-order chi connectivity index (χ0) is 20.2. The van der Waals surface area contributed by atoms with E-state index < -0.39 is 0 Å². The van der Waals surface area contributed by atoms with Gasteiger partial charge in [0, 0.05) is 32.2 Å². The molecule has 6 heteroatoms. The number of carbonyl (C=O) groups is 1. The summed E-state index contributed by atoms with van der Waals surface area (Å²) in [5.74, 6) is 0.725. The fourth-order valence-corrected chi connectivity index (χ4v) is 3.56.